The Morgan fingerprint density at radius 3 is 3.10 bits per heavy atom. The van der Waals surface area contributed by atoms with Crippen molar-refractivity contribution in [3.63, 3.8) is 0 Å². The third kappa shape index (κ3) is 5.11. The Morgan fingerprint density at radius 2 is 2.38 bits per heavy atom. The van der Waals surface area contributed by atoms with Crippen molar-refractivity contribution in [2.45, 2.75) is 31.5 Å². The van der Waals surface area contributed by atoms with Crippen LogP contribution in [-0.4, -0.2) is 21.6 Å². The van der Waals surface area contributed by atoms with Crippen LogP contribution in [0.4, 0.5) is 0 Å². The minimum Gasteiger partial charge on any atom is -0.467 e. The predicted molar refractivity (Wildman–Crippen MR) is 80.1 cm³/mol. The van der Waals surface area contributed by atoms with Gasteiger partial charge in [-0.2, -0.15) is 0 Å². The zero-order valence-corrected chi connectivity index (χ0v) is 12.5. The van der Waals surface area contributed by atoms with Crippen molar-refractivity contribution in [1.29, 1.82) is 0 Å². The maximum absolute atomic E-state index is 11.7. The number of amides is 1. The molecule has 2 aromatic rings. The summed E-state index contributed by atoms with van der Waals surface area (Å²) in [5.41, 5.74) is 0.562. The largest absolute Gasteiger partial charge is 0.467 e. The predicted octanol–water partition coefficient (Wildman–Crippen LogP) is 1.72. The fourth-order valence-electron chi connectivity index (χ4n) is 1.72. The van der Waals surface area contributed by atoms with Gasteiger partial charge in [0, 0.05) is 11.8 Å². The fourth-order valence-corrected chi connectivity index (χ4v) is 2.44. The first-order valence-corrected chi connectivity index (χ1v) is 7.68. The number of hydrogen-bond acceptors (Lipinski definition) is 5. The number of nitrogens with zero attached hydrogens (tertiary/aromatic N) is 1. The second kappa shape index (κ2) is 7.68. The molecule has 112 valence electrons. The third-order valence-corrected chi connectivity index (χ3v) is 3.53. The molecule has 0 atom stereocenters. The first-order valence-electron chi connectivity index (χ1n) is 6.69. The smallest absolute Gasteiger partial charge is 0.251 e. The first-order chi connectivity index (χ1) is 10.2. The van der Waals surface area contributed by atoms with Crippen LogP contribution in [-0.2, 0) is 17.8 Å². The number of carbonyl (C=O) groups is 1. The highest BCUT2D eigenvalue weighted by atomic mass is 32.2. The van der Waals surface area contributed by atoms with Gasteiger partial charge in [0.1, 0.15) is 5.76 Å². The normalized spacial score (nSPS) is 10.5. The van der Waals surface area contributed by atoms with Gasteiger partial charge in [-0.1, -0.05) is 25.1 Å². The van der Waals surface area contributed by atoms with Crippen LogP contribution in [0.15, 0.2) is 38.8 Å². The molecule has 6 nitrogen and oxygen atoms in total. The molecule has 2 N–H and O–H groups in total. The molecule has 2 heterocycles. The molecule has 0 radical (unpaired) electrons. The van der Waals surface area contributed by atoms with Crippen molar-refractivity contribution in [3.8, 4) is 0 Å². The molecule has 2 rings (SSSR count). The van der Waals surface area contributed by atoms with Crippen molar-refractivity contribution in [3.05, 3.63) is 46.3 Å². The van der Waals surface area contributed by atoms with Crippen LogP contribution in [0.2, 0.25) is 0 Å². The van der Waals surface area contributed by atoms with Crippen LogP contribution in [0, 0.1) is 0 Å². The summed E-state index contributed by atoms with van der Waals surface area (Å²) in [4.78, 5) is 30.1. The topological polar surface area (TPSA) is 88.0 Å². The van der Waals surface area contributed by atoms with Crippen LogP contribution in [0.1, 0.15) is 24.8 Å². The molecule has 2 aromatic heterocycles. The summed E-state index contributed by atoms with van der Waals surface area (Å²) in [5, 5.41) is 3.21. The van der Waals surface area contributed by atoms with Gasteiger partial charge in [-0.25, -0.2) is 4.98 Å². The van der Waals surface area contributed by atoms with Gasteiger partial charge >= 0.3 is 0 Å². The molecular weight excluding hydrogens is 290 g/mol. The van der Waals surface area contributed by atoms with Crippen molar-refractivity contribution >= 4 is 17.7 Å². The molecular formula is C14H17N3O3S. The summed E-state index contributed by atoms with van der Waals surface area (Å²) in [6.45, 7) is 2.38. The number of hydrogen-bond donors (Lipinski definition) is 2. The quantitative estimate of drug-likeness (QED) is 0.601. The molecule has 1 amide bonds. The maximum atomic E-state index is 11.7. The van der Waals surface area contributed by atoms with Crippen LogP contribution < -0.4 is 10.9 Å². The highest BCUT2D eigenvalue weighted by molar-refractivity contribution is 7.99. The fraction of sp³-hybridized carbons (Fsp3) is 0.357. The van der Waals surface area contributed by atoms with Crippen LogP contribution >= 0.6 is 11.8 Å². The lowest BCUT2D eigenvalue weighted by atomic mass is 10.2. The highest BCUT2D eigenvalue weighted by Crippen LogP contribution is 2.11. The number of carbonyl (C=O) groups excluding carboxylic acids is 1. The van der Waals surface area contributed by atoms with E-state index in [1.165, 1.54) is 17.8 Å². The maximum Gasteiger partial charge on any atom is 0.251 e. The molecule has 21 heavy (non-hydrogen) atoms. The molecule has 0 bridgehead atoms. The lowest BCUT2D eigenvalue weighted by Gasteiger charge is -2.04. The Kier molecular flexibility index (Phi) is 5.62. The molecule has 7 heteroatoms. The standard InChI is InChI=1S/C14H17N3O3S/c1-2-4-10-7-12(18)17-14(16-10)21-9-13(19)15-8-11-5-3-6-20-11/h3,5-7H,2,4,8-9H2,1H3,(H,15,19)(H,16,17,18). The summed E-state index contributed by atoms with van der Waals surface area (Å²) >= 11 is 1.21. The average molecular weight is 307 g/mol. The van der Waals surface area contributed by atoms with Crippen LogP contribution in [0.25, 0.3) is 0 Å². The van der Waals surface area contributed by atoms with E-state index in [1.54, 1.807) is 18.4 Å². The Morgan fingerprint density at radius 1 is 1.52 bits per heavy atom. The zero-order chi connectivity index (χ0) is 15.1. The summed E-state index contributed by atoms with van der Waals surface area (Å²) < 4.78 is 5.12. The van der Waals surface area contributed by atoms with Gasteiger partial charge in [-0.15, -0.1) is 0 Å². The molecule has 0 aliphatic rings. The van der Waals surface area contributed by atoms with Gasteiger partial charge in [0.05, 0.1) is 18.6 Å². The van der Waals surface area contributed by atoms with Crippen molar-refractivity contribution < 1.29 is 9.21 Å². The molecule has 0 aromatic carbocycles. The van der Waals surface area contributed by atoms with E-state index in [0.717, 1.165) is 18.5 Å². The number of aromatic nitrogens is 2. The van der Waals surface area contributed by atoms with E-state index in [2.05, 4.69) is 15.3 Å². The third-order valence-electron chi connectivity index (χ3n) is 2.66. The molecule has 0 aliphatic heterocycles. The molecule has 0 fully saturated rings. The Labute approximate surface area is 126 Å². The second-order valence-corrected chi connectivity index (χ2v) is 5.40. The number of aromatic amines is 1. The van der Waals surface area contributed by atoms with Crippen molar-refractivity contribution in [2.75, 3.05) is 5.75 Å². The van der Waals surface area contributed by atoms with Crippen LogP contribution in [0.5, 0.6) is 0 Å². The monoisotopic (exact) mass is 307 g/mol. The van der Waals surface area contributed by atoms with Gasteiger partial charge in [0.25, 0.3) is 5.56 Å². The van der Waals surface area contributed by atoms with E-state index in [1.807, 2.05) is 6.92 Å². The number of nitrogens with one attached hydrogen (secondary N) is 2. The van der Waals surface area contributed by atoms with Gasteiger partial charge in [-0.05, 0) is 18.6 Å². The number of rotatable bonds is 7. The molecule has 0 aliphatic carbocycles. The van der Waals surface area contributed by atoms with Crippen molar-refractivity contribution in [2.24, 2.45) is 0 Å². The van der Waals surface area contributed by atoms with Gasteiger partial charge in [0.15, 0.2) is 5.16 Å². The number of aryl methyl sites for hydroxylation is 1. The number of thioether (sulfide) groups is 1. The minimum absolute atomic E-state index is 0.139. The Balaban J connectivity index is 1.84. The molecule has 0 saturated heterocycles. The van der Waals surface area contributed by atoms with Crippen LogP contribution in [0.3, 0.4) is 0 Å². The van der Waals surface area contributed by atoms with Gasteiger partial charge in [0.2, 0.25) is 5.91 Å². The Bertz CT molecular complexity index is 637. The lowest BCUT2D eigenvalue weighted by Crippen LogP contribution is -2.24. The highest BCUT2D eigenvalue weighted by Gasteiger charge is 2.07. The second-order valence-electron chi connectivity index (χ2n) is 4.44. The van der Waals surface area contributed by atoms with E-state index in [4.69, 9.17) is 4.42 Å². The number of furan rings is 1. The zero-order valence-electron chi connectivity index (χ0n) is 11.7. The molecule has 0 unspecified atom stereocenters. The lowest BCUT2D eigenvalue weighted by molar-refractivity contribution is -0.118. The minimum atomic E-state index is -0.188. The average Bonchev–Trinajstić information content (AvgIpc) is 2.96. The van der Waals surface area contributed by atoms with Gasteiger partial charge in [-0.3, -0.25) is 9.59 Å². The van der Waals surface area contributed by atoms with E-state index in [0.29, 0.717) is 17.5 Å². The number of H-pyrrole nitrogens is 1. The molecule has 0 saturated carbocycles. The molecule has 0 spiro atoms. The summed E-state index contributed by atoms with van der Waals surface area (Å²) in [5.74, 6) is 0.754. The summed E-state index contributed by atoms with van der Waals surface area (Å²) in [6, 6.07) is 5.05. The van der Waals surface area contributed by atoms with E-state index < -0.39 is 0 Å². The summed E-state index contributed by atoms with van der Waals surface area (Å²) in [6.07, 6.45) is 3.23. The van der Waals surface area contributed by atoms with E-state index >= 15 is 0 Å². The SMILES string of the molecule is CCCc1cc(=O)[nH]c(SCC(=O)NCc2ccco2)n1. The summed E-state index contributed by atoms with van der Waals surface area (Å²) in [7, 11) is 0. The van der Waals surface area contributed by atoms with Gasteiger partial charge < -0.3 is 14.7 Å². The Hall–Kier alpha value is -2.02. The van der Waals surface area contributed by atoms with E-state index in [9.17, 15) is 9.59 Å². The van der Waals surface area contributed by atoms with E-state index in [-0.39, 0.29) is 17.2 Å². The van der Waals surface area contributed by atoms with Crippen molar-refractivity contribution in [1.82, 2.24) is 15.3 Å². The first kappa shape index (κ1) is 15.4.